The molecule has 0 unspecified atom stereocenters. The molecule has 0 aliphatic carbocycles. The molecule has 0 aliphatic rings. The van der Waals surface area contributed by atoms with Crippen LogP contribution in [0, 0.1) is 3.57 Å². The van der Waals surface area contributed by atoms with Crippen LogP contribution in [0.5, 0.6) is 5.75 Å². The maximum atomic E-state index is 11.9. The highest BCUT2D eigenvalue weighted by Gasteiger charge is 2.07. The molecular formula is C15H14ClIN2O2. The zero-order valence-electron chi connectivity index (χ0n) is 11.1. The van der Waals surface area contributed by atoms with Gasteiger partial charge in [0.2, 0.25) is 5.91 Å². The summed E-state index contributed by atoms with van der Waals surface area (Å²) in [6.07, 6.45) is 0.233. The molecule has 0 bridgehead atoms. The van der Waals surface area contributed by atoms with Crippen LogP contribution in [-0.4, -0.2) is 12.5 Å². The highest BCUT2D eigenvalue weighted by molar-refractivity contribution is 14.1. The van der Waals surface area contributed by atoms with Crippen LogP contribution in [-0.2, 0) is 4.79 Å². The first-order valence-electron chi connectivity index (χ1n) is 6.28. The number of carbonyl (C=O) groups is 1. The third-order valence-corrected chi connectivity index (χ3v) is 3.84. The molecule has 21 heavy (non-hydrogen) atoms. The first-order chi connectivity index (χ1) is 10.1. The number of halogens is 2. The lowest BCUT2D eigenvalue weighted by atomic mass is 10.2. The Morgan fingerprint density at radius 3 is 2.81 bits per heavy atom. The Balaban J connectivity index is 1.85. The minimum atomic E-state index is -0.171. The predicted octanol–water partition coefficient (Wildman–Crippen LogP) is 3.93. The molecule has 1 amide bonds. The average Bonchev–Trinajstić information content (AvgIpc) is 2.45. The SMILES string of the molecule is Nc1ccc(Cl)cc1NC(=O)CCOc1ccccc1I. The number of benzene rings is 2. The van der Waals surface area contributed by atoms with E-state index in [9.17, 15) is 4.79 Å². The Labute approximate surface area is 141 Å². The van der Waals surface area contributed by atoms with E-state index in [0.29, 0.717) is 23.0 Å². The molecule has 0 radical (unpaired) electrons. The number of para-hydroxylation sites is 1. The monoisotopic (exact) mass is 416 g/mol. The van der Waals surface area contributed by atoms with Crippen LogP contribution in [0.25, 0.3) is 0 Å². The smallest absolute Gasteiger partial charge is 0.227 e. The number of hydrogen-bond donors (Lipinski definition) is 2. The lowest BCUT2D eigenvalue weighted by molar-refractivity contribution is -0.116. The fraction of sp³-hybridized carbons (Fsp3) is 0.133. The van der Waals surface area contributed by atoms with E-state index in [1.165, 1.54) is 0 Å². The number of nitrogen functional groups attached to an aromatic ring is 1. The molecule has 0 aliphatic heterocycles. The number of amides is 1. The standard InChI is InChI=1S/C15H14ClIN2O2/c16-10-5-6-12(18)13(9-10)19-15(20)7-8-21-14-4-2-1-3-11(14)17/h1-6,9H,7-8,18H2,(H,19,20). The average molecular weight is 417 g/mol. The zero-order valence-corrected chi connectivity index (χ0v) is 14.0. The number of nitrogens with two attached hydrogens (primary N) is 1. The van der Waals surface area contributed by atoms with Gasteiger partial charge in [-0.15, -0.1) is 0 Å². The number of carbonyl (C=O) groups excluding carboxylic acids is 1. The quantitative estimate of drug-likeness (QED) is 0.573. The van der Waals surface area contributed by atoms with E-state index in [0.717, 1.165) is 9.32 Å². The van der Waals surface area contributed by atoms with Gasteiger partial charge in [-0.05, 0) is 52.9 Å². The van der Waals surface area contributed by atoms with Crippen molar-refractivity contribution in [2.45, 2.75) is 6.42 Å². The van der Waals surface area contributed by atoms with E-state index in [4.69, 9.17) is 22.1 Å². The van der Waals surface area contributed by atoms with Gasteiger partial charge < -0.3 is 15.8 Å². The Hall–Kier alpha value is -1.47. The Morgan fingerprint density at radius 2 is 2.05 bits per heavy atom. The van der Waals surface area contributed by atoms with Gasteiger partial charge in [0, 0.05) is 5.02 Å². The van der Waals surface area contributed by atoms with E-state index in [2.05, 4.69) is 27.9 Å². The van der Waals surface area contributed by atoms with Gasteiger partial charge >= 0.3 is 0 Å². The maximum absolute atomic E-state index is 11.9. The summed E-state index contributed by atoms with van der Waals surface area (Å²) in [5, 5.41) is 3.24. The van der Waals surface area contributed by atoms with Gasteiger partial charge in [0.05, 0.1) is 28.0 Å². The molecule has 0 fully saturated rings. The first-order valence-corrected chi connectivity index (χ1v) is 7.74. The first kappa shape index (κ1) is 15.9. The van der Waals surface area contributed by atoms with Gasteiger partial charge in [0.15, 0.2) is 0 Å². The molecule has 0 heterocycles. The van der Waals surface area contributed by atoms with Crippen molar-refractivity contribution in [2.75, 3.05) is 17.7 Å². The molecule has 4 nitrogen and oxygen atoms in total. The second kappa shape index (κ2) is 7.51. The van der Waals surface area contributed by atoms with Gasteiger partial charge in [-0.1, -0.05) is 23.7 Å². The molecule has 110 valence electrons. The second-order valence-corrected chi connectivity index (χ2v) is 5.91. The van der Waals surface area contributed by atoms with Crippen LogP contribution in [0.1, 0.15) is 6.42 Å². The van der Waals surface area contributed by atoms with Crippen molar-refractivity contribution >= 4 is 51.5 Å². The van der Waals surface area contributed by atoms with Crippen molar-refractivity contribution in [1.29, 1.82) is 0 Å². The van der Waals surface area contributed by atoms with Crippen LogP contribution < -0.4 is 15.8 Å². The van der Waals surface area contributed by atoms with Crippen LogP contribution in [0.4, 0.5) is 11.4 Å². The number of rotatable bonds is 5. The number of nitrogens with one attached hydrogen (secondary N) is 1. The molecule has 2 rings (SSSR count). The van der Waals surface area contributed by atoms with Gasteiger partial charge in [-0.2, -0.15) is 0 Å². The molecule has 0 atom stereocenters. The van der Waals surface area contributed by atoms with Crippen molar-refractivity contribution in [3.63, 3.8) is 0 Å². The van der Waals surface area contributed by atoms with Crippen molar-refractivity contribution in [2.24, 2.45) is 0 Å². The minimum absolute atomic E-state index is 0.171. The lowest BCUT2D eigenvalue weighted by Gasteiger charge is -2.10. The largest absolute Gasteiger partial charge is 0.492 e. The minimum Gasteiger partial charge on any atom is -0.492 e. The van der Waals surface area contributed by atoms with Crippen LogP contribution in [0.2, 0.25) is 5.02 Å². The van der Waals surface area contributed by atoms with Gasteiger partial charge in [-0.3, -0.25) is 4.79 Å². The molecule has 0 saturated heterocycles. The number of ether oxygens (including phenoxy) is 1. The van der Waals surface area contributed by atoms with E-state index in [-0.39, 0.29) is 12.3 Å². The van der Waals surface area contributed by atoms with Crippen LogP contribution in [0.3, 0.4) is 0 Å². The van der Waals surface area contributed by atoms with Crippen molar-refractivity contribution in [3.05, 3.63) is 51.1 Å². The van der Waals surface area contributed by atoms with Crippen molar-refractivity contribution in [3.8, 4) is 5.75 Å². The van der Waals surface area contributed by atoms with Gasteiger partial charge in [0.1, 0.15) is 5.75 Å². The molecule has 3 N–H and O–H groups in total. The van der Waals surface area contributed by atoms with Crippen LogP contribution >= 0.6 is 34.2 Å². The van der Waals surface area contributed by atoms with Crippen molar-refractivity contribution in [1.82, 2.24) is 0 Å². The van der Waals surface area contributed by atoms with E-state index >= 15 is 0 Å². The van der Waals surface area contributed by atoms with E-state index < -0.39 is 0 Å². The summed E-state index contributed by atoms with van der Waals surface area (Å²) < 4.78 is 6.58. The summed E-state index contributed by atoms with van der Waals surface area (Å²) in [5.41, 5.74) is 6.77. The Morgan fingerprint density at radius 1 is 1.29 bits per heavy atom. The summed E-state index contributed by atoms with van der Waals surface area (Å²) in [4.78, 5) is 11.9. The third kappa shape index (κ3) is 4.78. The fourth-order valence-corrected chi connectivity index (χ4v) is 2.38. The second-order valence-electron chi connectivity index (χ2n) is 4.31. The molecule has 0 saturated carbocycles. The number of anilines is 2. The number of hydrogen-bond acceptors (Lipinski definition) is 3. The van der Waals surface area contributed by atoms with Crippen LogP contribution in [0.15, 0.2) is 42.5 Å². The summed E-state index contributed by atoms with van der Waals surface area (Å²) in [5.74, 6) is 0.600. The highest BCUT2D eigenvalue weighted by Crippen LogP contribution is 2.23. The lowest BCUT2D eigenvalue weighted by Crippen LogP contribution is -2.16. The Bertz CT molecular complexity index is 649. The highest BCUT2D eigenvalue weighted by atomic mass is 127. The summed E-state index contributed by atoms with van der Waals surface area (Å²) in [6, 6.07) is 12.6. The topological polar surface area (TPSA) is 64.3 Å². The third-order valence-electron chi connectivity index (χ3n) is 2.71. The van der Waals surface area contributed by atoms with E-state index in [1.54, 1.807) is 18.2 Å². The summed E-state index contributed by atoms with van der Waals surface area (Å²) in [6.45, 7) is 0.298. The molecule has 0 spiro atoms. The molecular weight excluding hydrogens is 403 g/mol. The van der Waals surface area contributed by atoms with Gasteiger partial charge in [-0.25, -0.2) is 0 Å². The van der Waals surface area contributed by atoms with Crippen molar-refractivity contribution < 1.29 is 9.53 Å². The molecule has 0 aromatic heterocycles. The molecule has 6 heteroatoms. The zero-order chi connectivity index (χ0) is 15.2. The summed E-state index contributed by atoms with van der Waals surface area (Å²) in [7, 11) is 0. The fourth-order valence-electron chi connectivity index (χ4n) is 1.66. The normalized spacial score (nSPS) is 10.2. The summed E-state index contributed by atoms with van der Waals surface area (Å²) >= 11 is 8.06. The maximum Gasteiger partial charge on any atom is 0.227 e. The predicted molar refractivity (Wildman–Crippen MR) is 93.8 cm³/mol. The van der Waals surface area contributed by atoms with E-state index in [1.807, 2.05) is 24.3 Å². The van der Waals surface area contributed by atoms with Gasteiger partial charge in [0.25, 0.3) is 0 Å². The molecule has 2 aromatic rings. The Kier molecular flexibility index (Phi) is 5.69. The molecule has 2 aromatic carbocycles.